The lowest BCUT2D eigenvalue weighted by Gasteiger charge is -2.08. The number of esters is 1. The molecule has 0 aliphatic rings. The molecule has 2 aromatic carbocycles. The van der Waals surface area contributed by atoms with E-state index in [9.17, 15) is 9.59 Å². The van der Waals surface area contributed by atoms with Crippen molar-refractivity contribution in [1.82, 2.24) is 9.78 Å². The van der Waals surface area contributed by atoms with Crippen molar-refractivity contribution in [3.63, 3.8) is 0 Å². The number of nitrogen functional groups attached to an aromatic ring is 1. The van der Waals surface area contributed by atoms with E-state index in [0.29, 0.717) is 22.6 Å². The summed E-state index contributed by atoms with van der Waals surface area (Å²) in [4.78, 5) is 24.3. The van der Waals surface area contributed by atoms with E-state index in [4.69, 9.17) is 10.5 Å². The largest absolute Gasteiger partial charge is 0.452 e. The zero-order chi connectivity index (χ0) is 20.3. The van der Waals surface area contributed by atoms with Crippen molar-refractivity contribution in [2.24, 2.45) is 0 Å². The fourth-order valence-electron chi connectivity index (χ4n) is 2.77. The van der Waals surface area contributed by atoms with E-state index in [0.717, 1.165) is 16.9 Å². The number of aryl methyl sites for hydroxylation is 2. The highest BCUT2D eigenvalue weighted by atomic mass is 16.5. The Morgan fingerprint density at radius 2 is 1.68 bits per heavy atom. The van der Waals surface area contributed by atoms with Crippen molar-refractivity contribution in [3.8, 4) is 5.69 Å². The minimum atomic E-state index is -0.584. The van der Waals surface area contributed by atoms with Crippen LogP contribution in [0.4, 0.5) is 11.4 Å². The molecule has 1 amide bonds. The number of nitrogens with one attached hydrogen (secondary N) is 1. The van der Waals surface area contributed by atoms with Crippen LogP contribution in [0.3, 0.4) is 0 Å². The minimum Gasteiger partial charge on any atom is -0.452 e. The van der Waals surface area contributed by atoms with Gasteiger partial charge in [0.05, 0.1) is 28.3 Å². The summed E-state index contributed by atoms with van der Waals surface area (Å²) in [5.41, 5.74) is 10.6. The van der Waals surface area contributed by atoms with Gasteiger partial charge in [-0.2, -0.15) is 5.10 Å². The van der Waals surface area contributed by atoms with Crippen molar-refractivity contribution in [2.75, 3.05) is 17.7 Å². The Bertz CT molecular complexity index is 1010. The van der Waals surface area contributed by atoms with Crippen LogP contribution in [0.2, 0.25) is 0 Å². The fraction of sp³-hybridized carbons (Fsp3) is 0.190. The fourth-order valence-corrected chi connectivity index (χ4v) is 2.77. The molecule has 7 heteroatoms. The second-order valence-corrected chi connectivity index (χ2v) is 6.54. The Kier molecular flexibility index (Phi) is 5.44. The second kappa shape index (κ2) is 7.96. The van der Waals surface area contributed by atoms with Crippen LogP contribution < -0.4 is 11.1 Å². The highest BCUT2D eigenvalue weighted by Gasteiger charge is 2.16. The number of carbonyl (C=O) groups is 2. The number of carbonyl (C=O) groups excluding carboxylic acids is 2. The number of hydrogen-bond donors (Lipinski definition) is 2. The van der Waals surface area contributed by atoms with Gasteiger partial charge >= 0.3 is 5.97 Å². The van der Waals surface area contributed by atoms with Crippen molar-refractivity contribution >= 4 is 23.3 Å². The first-order chi connectivity index (χ1) is 13.3. The van der Waals surface area contributed by atoms with Crippen LogP contribution in [-0.2, 0) is 9.53 Å². The van der Waals surface area contributed by atoms with Crippen molar-refractivity contribution in [1.29, 1.82) is 0 Å². The van der Waals surface area contributed by atoms with E-state index in [1.54, 1.807) is 28.9 Å². The molecule has 3 aromatic rings. The molecular formula is C21H22N4O3. The first kappa shape index (κ1) is 19.2. The number of hydrogen-bond acceptors (Lipinski definition) is 5. The third-order valence-electron chi connectivity index (χ3n) is 4.32. The maximum Gasteiger partial charge on any atom is 0.338 e. The molecule has 0 radical (unpaired) electrons. The summed E-state index contributed by atoms with van der Waals surface area (Å²) < 4.78 is 6.84. The van der Waals surface area contributed by atoms with Gasteiger partial charge in [0.15, 0.2) is 6.61 Å². The first-order valence-corrected chi connectivity index (χ1v) is 8.81. The molecule has 0 saturated heterocycles. The summed E-state index contributed by atoms with van der Waals surface area (Å²) in [5.74, 6) is -1.02. The zero-order valence-corrected chi connectivity index (χ0v) is 16.0. The van der Waals surface area contributed by atoms with Gasteiger partial charge in [-0.15, -0.1) is 0 Å². The third kappa shape index (κ3) is 4.20. The Balaban J connectivity index is 1.66. The number of ether oxygens (including phenoxy) is 1. The Morgan fingerprint density at radius 1 is 1.04 bits per heavy atom. The van der Waals surface area contributed by atoms with E-state index < -0.39 is 18.5 Å². The molecule has 144 valence electrons. The maximum atomic E-state index is 12.3. The van der Waals surface area contributed by atoms with Crippen molar-refractivity contribution in [2.45, 2.75) is 20.8 Å². The van der Waals surface area contributed by atoms with Crippen LogP contribution in [0.15, 0.2) is 48.5 Å². The van der Waals surface area contributed by atoms with Crippen LogP contribution in [0.5, 0.6) is 0 Å². The molecular weight excluding hydrogens is 356 g/mol. The van der Waals surface area contributed by atoms with Gasteiger partial charge in [0.1, 0.15) is 0 Å². The van der Waals surface area contributed by atoms with Crippen LogP contribution in [-0.4, -0.2) is 28.3 Å². The lowest BCUT2D eigenvalue weighted by molar-refractivity contribution is -0.119. The molecule has 0 bridgehead atoms. The van der Waals surface area contributed by atoms with Gasteiger partial charge in [0.25, 0.3) is 5.91 Å². The second-order valence-electron chi connectivity index (χ2n) is 6.54. The molecule has 0 atom stereocenters. The summed E-state index contributed by atoms with van der Waals surface area (Å²) in [6, 6.07) is 14.2. The molecule has 0 saturated carbocycles. The molecule has 1 heterocycles. The summed E-state index contributed by atoms with van der Waals surface area (Å²) in [6.45, 7) is 5.31. The zero-order valence-electron chi connectivity index (χ0n) is 16.0. The summed E-state index contributed by atoms with van der Waals surface area (Å²) in [7, 11) is 0. The van der Waals surface area contributed by atoms with E-state index in [2.05, 4.69) is 10.4 Å². The SMILES string of the molecule is Cc1ccc(-n2nc(C)c(NC(=O)COC(=O)c3ccc(N)cc3)c2C)cc1. The number of amides is 1. The number of benzene rings is 2. The standard InChI is InChI=1S/C21H22N4O3/c1-13-4-10-18(11-5-13)25-15(3)20(14(2)24-25)23-19(26)12-28-21(27)16-6-8-17(22)9-7-16/h4-11H,12,22H2,1-3H3,(H,23,26). The van der Waals surface area contributed by atoms with Gasteiger partial charge in [0.2, 0.25) is 0 Å². The van der Waals surface area contributed by atoms with Gasteiger partial charge in [-0.1, -0.05) is 17.7 Å². The van der Waals surface area contributed by atoms with Crippen LogP contribution >= 0.6 is 0 Å². The predicted molar refractivity (Wildman–Crippen MR) is 108 cm³/mol. The molecule has 0 fully saturated rings. The molecule has 0 spiro atoms. The van der Waals surface area contributed by atoms with Gasteiger partial charge in [0, 0.05) is 5.69 Å². The molecule has 3 N–H and O–H groups in total. The molecule has 0 aliphatic heterocycles. The predicted octanol–water partition coefficient (Wildman–Crippen LogP) is 3.18. The number of aromatic nitrogens is 2. The molecule has 3 rings (SSSR count). The third-order valence-corrected chi connectivity index (χ3v) is 4.32. The molecule has 7 nitrogen and oxygen atoms in total. The molecule has 0 aliphatic carbocycles. The van der Waals surface area contributed by atoms with Crippen LogP contribution in [0.1, 0.15) is 27.3 Å². The topological polar surface area (TPSA) is 99.2 Å². The van der Waals surface area contributed by atoms with Gasteiger partial charge < -0.3 is 15.8 Å². The Labute approximate surface area is 163 Å². The van der Waals surface area contributed by atoms with E-state index in [-0.39, 0.29) is 0 Å². The summed E-state index contributed by atoms with van der Waals surface area (Å²) in [5, 5.41) is 7.27. The highest BCUT2D eigenvalue weighted by molar-refractivity contribution is 5.96. The van der Waals surface area contributed by atoms with Crippen LogP contribution in [0.25, 0.3) is 5.69 Å². The number of nitrogens with zero attached hydrogens (tertiary/aromatic N) is 2. The summed E-state index contributed by atoms with van der Waals surface area (Å²) >= 11 is 0. The number of rotatable bonds is 5. The summed E-state index contributed by atoms with van der Waals surface area (Å²) in [6.07, 6.45) is 0. The van der Waals surface area contributed by atoms with E-state index >= 15 is 0 Å². The number of anilines is 2. The Morgan fingerprint density at radius 3 is 2.32 bits per heavy atom. The van der Waals surface area contributed by atoms with Gasteiger partial charge in [-0.25, -0.2) is 9.48 Å². The number of nitrogens with two attached hydrogens (primary N) is 1. The van der Waals surface area contributed by atoms with Gasteiger partial charge in [-0.05, 0) is 57.2 Å². The quantitative estimate of drug-likeness (QED) is 0.525. The molecule has 0 unspecified atom stereocenters. The molecule has 1 aromatic heterocycles. The Hall–Kier alpha value is -3.61. The average molecular weight is 378 g/mol. The highest BCUT2D eigenvalue weighted by Crippen LogP contribution is 2.23. The van der Waals surface area contributed by atoms with Crippen molar-refractivity contribution in [3.05, 3.63) is 71.0 Å². The average Bonchev–Trinajstić information content (AvgIpc) is 2.95. The van der Waals surface area contributed by atoms with E-state index in [1.807, 2.05) is 45.0 Å². The minimum absolute atomic E-state index is 0.335. The van der Waals surface area contributed by atoms with Crippen molar-refractivity contribution < 1.29 is 14.3 Å². The lowest BCUT2D eigenvalue weighted by atomic mass is 10.2. The smallest absolute Gasteiger partial charge is 0.338 e. The van der Waals surface area contributed by atoms with E-state index in [1.165, 1.54) is 0 Å². The lowest BCUT2D eigenvalue weighted by Crippen LogP contribution is -2.21. The maximum absolute atomic E-state index is 12.3. The monoisotopic (exact) mass is 378 g/mol. The van der Waals surface area contributed by atoms with Crippen LogP contribution in [0, 0.1) is 20.8 Å². The van der Waals surface area contributed by atoms with Gasteiger partial charge in [-0.3, -0.25) is 4.79 Å². The molecule has 28 heavy (non-hydrogen) atoms. The first-order valence-electron chi connectivity index (χ1n) is 8.81. The normalized spacial score (nSPS) is 10.5.